The van der Waals surface area contributed by atoms with Gasteiger partial charge in [-0.25, -0.2) is 0 Å². The number of hydrogen-bond acceptors (Lipinski definition) is 2. The van der Waals surface area contributed by atoms with Crippen LogP contribution in [0.3, 0.4) is 0 Å². The Morgan fingerprint density at radius 1 is 1.20 bits per heavy atom. The van der Waals surface area contributed by atoms with Crippen LogP contribution in [0.4, 0.5) is 0 Å². The molecule has 0 bridgehead atoms. The minimum atomic E-state index is -0.574. The predicted octanol–water partition coefficient (Wildman–Crippen LogP) is 2.08. The molecule has 2 aliphatic carbocycles. The van der Waals surface area contributed by atoms with Crippen LogP contribution in [0.2, 0.25) is 0 Å². The van der Waals surface area contributed by atoms with Gasteiger partial charge in [0, 0.05) is 6.54 Å². The van der Waals surface area contributed by atoms with Gasteiger partial charge < -0.3 is 10.2 Å². The summed E-state index contributed by atoms with van der Waals surface area (Å²) in [5, 5.41) is 3.11. The second-order valence-electron chi connectivity index (χ2n) is 7.22. The van der Waals surface area contributed by atoms with E-state index in [1.165, 1.54) is 19.3 Å². The van der Waals surface area contributed by atoms with Gasteiger partial charge in [-0.05, 0) is 37.5 Å². The van der Waals surface area contributed by atoms with Gasteiger partial charge in [-0.15, -0.1) is 0 Å². The standard InChI is InChI=1S/C16H26N2O2/c1-11(2)13-14(19)17-16(8-4-3-5-9-16)15(20)18(13)10-12-6-7-12/h11-13H,3-10H2,1-2H3,(H,17,19). The number of nitrogens with one attached hydrogen (secondary N) is 1. The number of amides is 2. The van der Waals surface area contributed by atoms with Gasteiger partial charge in [0.15, 0.2) is 0 Å². The average Bonchev–Trinajstić information content (AvgIpc) is 3.20. The molecule has 112 valence electrons. The summed E-state index contributed by atoms with van der Waals surface area (Å²) in [6, 6.07) is -0.268. The highest BCUT2D eigenvalue weighted by atomic mass is 16.2. The first-order valence-electron chi connectivity index (χ1n) is 8.16. The Kier molecular flexibility index (Phi) is 3.51. The number of rotatable bonds is 3. The van der Waals surface area contributed by atoms with E-state index in [2.05, 4.69) is 5.32 Å². The van der Waals surface area contributed by atoms with Crippen molar-refractivity contribution in [2.75, 3.05) is 6.54 Å². The molecule has 2 amide bonds. The molecule has 1 unspecified atom stereocenters. The fraction of sp³-hybridized carbons (Fsp3) is 0.875. The Morgan fingerprint density at radius 2 is 1.85 bits per heavy atom. The number of carbonyl (C=O) groups is 2. The summed E-state index contributed by atoms with van der Waals surface area (Å²) in [4.78, 5) is 27.5. The highest BCUT2D eigenvalue weighted by Crippen LogP contribution is 2.37. The quantitative estimate of drug-likeness (QED) is 0.859. The lowest BCUT2D eigenvalue weighted by molar-refractivity contribution is -0.158. The monoisotopic (exact) mass is 278 g/mol. The van der Waals surface area contributed by atoms with Gasteiger partial charge in [0.05, 0.1) is 0 Å². The van der Waals surface area contributed by atoms with Crippen molar-refractivity contribution in [2.45, 2.75) is 70.4 Å². The van der Waals surface area contributed by atoms with Gasteiger partial charge in [-0.3, -0.25) is 9.59 Å². The SMILES string of the molecule is CC(C)C1C(=O)NC2(CCCCC2)C(=O)N1CC1CC1. The van der Waals surface area contributed by atoms with Crippen LogP contribution in [0.5, 0.6) is 0 Å². The van der Waals surface area contributed by atoms with Gasteiger partial charge in [0.1, 0.15) is 11.6 Å². The van der Waals surface area contributed by atoms with Crippen molar-refractivity contribution in [3.63, 3.8) is 0 Å². The average molecular weight is 278 g/mol. The molecule has 1 N–H and O–H groups in total. The third-order valence-corrected chi connectivity index (χ3v) is 5.13. The molecule has 0 radical (unpaired) electrons. The second kappa shape index (κ2) is 5.05. The van der Waals surface area contributed by atoms with E-state index in [1.54, 1.807) is 0 Å². The zero-order valence-electron chi connectivity index (χ0n) is 12.7. The molecule has 1 saturated heterocycles. The van der Waals surface area contributed by atoms with Crippen LogP contribution in [0.15, 0.2) is 0 Å². The number of carbonyl (C=O) groups excluding carboxylic acids is 2. The zero-order chi connectivity index (χ0) is 14.3. The first-order valence-corrected chi connectivity index (χ1v) is 8.16. The normalized spacial score (nSPS) is 29.9. The summed E-state index contributed by atoms with van der Waals surface area (Å²) in [6.07, 6.45) is 7.35. The van der Waals surface area contributed by atoms with Gasteiger partial charge in [0.25, 0.3) is 0 Å². The lowest BCUT2D eigenvalue weighted by atomic mass is 9.77. The largest absolute Gasteiger partial charge is 0.340 e. The van der Waals surface area contributed by atoms with Crippen molar-refractivity contribution >= 4 is 11.8 Å². The second-order valence-corrected chi connectivity index (χ2v) is 7.22. The maximum Gasteiger partial charge on any atom is 0.249 e. The van der Waals surface area contributed by atoms with Gasteiger partial charge in [0.2, 0.25) is 11.8 Å². The Bertz CT molecular complexity index is 409. The van der Waals surface area contributed by atoms with E-state index in [1.807, 2.05) is 18.7 Å². The van der Waals surface area contributed by atoms with Crippen LogP contribution in [0, 0.1) is 11.8 Å². The molecule has 0 aromatic heterocycles. The maximum atomic E-state index is 13.0. The minimum Gasteiger partial charge on any atom is -0.340 e. The van der Waals surface area contributed by atoms with E-state index >= 15 is 0 Å². The summed E-state index contributed by atoms with van der Waals surface area (Å²) in [7, 11) is 0. The van der Waals surface area contributed by atoms with Crippen molar-refractivity contribution in [3.05, 3.63) is 0 Å². The van der Waals surface area contributed by atoms with E-state index in [0.717, 1.165) is 32.2 Å². The van der Waals surface area contributed by atoms with Crippen LogP contribution >= 0.6 is 0 Å². The molecule has 1 spiro atoms. The molecule has 1 atom stereocenters. The first kappa shape index (κ1) is 13.9. The van der Waals surface area contributed by atoms with E-state index < -0.39 is 5.54 Å². The Balaban J connectivity index is 1.87. The molecule has 1 heterocycles. The predicted molar refractivity (Wildman–Crippen MR) is 77.0 cm³/mol. The van der Waals surface area contributed by atoms with Crippen molar-refractivity contribution in [1.29, 1.82) is 0 Å². The molecule has 0 aromatic rings. The summed E-state index contributed by atoms with van der Waals surface area (Å²) < 4.78 is 0. The number of hydrogen-bond donors (Lipinski definition) is 1. The lowest BCUT2D eigenvalue weighted by Gasteiger charge is -2.48. The molecule has 4 nitrogen and oxygen atoms in total. The summed E-state index contributed by atoms with van der Waals surface area (Å²) in [5.74, 6) is 1.08. The molecule has 4 heteroatoms. The number of piperazine rings is 1. The first-order chi connectivity index (χ1) is 9.53. The van der Waals surface area contributed by atoms with Crippen LogP contribution in [-0.4, -0.2) is 34.8 Å². The Hall–Kier alpha value is -1.06. The molecule has 3 rings (SSSR count). The van der Waals surface area contributed by atoms with Crippen molar-refractivity contribution < 1.29 is 9.59 Å². The number of nitrogens with zero attached hydrogens (tertiary/aromatic N) is 1. The molecule has 3 fully saturated rings. The smallest absolute Gasteiger partial charge is 0.249 e. The van der Waals surface area contributed by atoms with Crippen molar-refractivity contribution in [3.8, 4) is 0 Å². The molecule has 2 saturated carbocycles. The van der Waals surface area contributed by atoms with Gasteiger partial charge in [-0.1, -0.05) is 33.1 Å². The highest BCUT2D eigenvalue weighted by molar-refractivity contribution is 6.00. The van der Waals surface area contributed by atoms with Crippen molar-refractivity contribution in [1.82, 2.24) is 10.2 Å². The van der Waals surface area contributed by atoms with Crippen LogP contribution < -0.4 is 5.32 Å². The fourth-order valence-corrected chi connectivity index (χ4v) is 3.84. The Morgan fingerprint density at radius 3 is 2.40 bits per heavy atom. The summed E-state index contributed by atoms with van der Waals surface area (Å²) >= 11 is 0. The van der Waals surface area contributed by atoms with Crippen LogP contribution in [0.1, 0.15) is 58.8 Å². The molecule has 3 aliphatic rings. The zero-order valence-corrected chi connectivity index (χ0v) is 12.7. The van der Waals surface area contributed by atoms with E-state index in [4.69, 9.17) is 0 Å². The molecular formula is C16H26N2O2. The topological polar surface area (TPSA) is 49.4 Å². The highest BCUT2D eigenvalue weighted by Gasteiger charge is 2.52. The lowest BCUT2D eigenvalue weighted by Crippen LogP contribution is -2.72. The third-order valence-electron chi connectivity index (χ3n) is 5.13. The van der Waals surface area contributed by atoms with E-state index in [9.17, 15) is 9.59 Å². The van der Waals surface area contributed by atoms with Gasteiger partial charge in [-0.2, -0.15) is 0 Å². The fourth-order valence-electron chi connectivity index (χ4n) is 3.84. The molecule has 1 aliphatic heterocycles. The Labute approximate surface area is 121 Å². The summed E-state index contributed by atoms with van der Waals surface area (Å²) in [6.45, 7) is 4.86. The van der Waals surface area contributed by atoms with Crippen molar-refractivity contribution in [2.24, 2.45) is 11.8 Å². The molecule has 20 heavy (non-hydrogen) atoms. The van der Waals surface area contributed by atoms with Crippen LogP contribution in [-0.2, 0) is 9.59 Å². The van der Waals surface area contributed by atoms with Gasteiger partial charge >= 0.3 is 0 Å². The van der Waals surface area contributed by atoms with E-state index in [-0.39, 0.29) is 23.8 Å². The minimum absolute atomic E-state index is 0.0714. The molecule has 0 aromatic carbocycles. The third kappa shape index (κ3) is 2.33. The van der Waals surface area contributed by atoms with E-state index in [0.29, 0.717) is 5.92 Å². The summed E-state index contributed by atoms with van der Waals surface area (Å²) in [5.41, 5.74) is -0.574. The molecular weight excluding hydrogens is 252 g/mol. The maximum absolute atomic E-state index is 13.0. The van der Waals surface area contributed by atoms with Crippen LogP contribution in [0.25, 0.3) is 0 Å².